The highest BCUT2D eigenvalue weighted by molar-refractivity contribution is 5.92. The zero-order valence-electron chi connectivity index (χ0n) is 22.1. The molecule has 0 aliphatic carbocycles. The van der Waals surface area contributed by atoms with Crippen molar-refractivity contribution >= 4 is 17.9 Å². The summed E-state index contributed by atoms with van der Waals surface area (Å²) < 4.78 is 5.67. The molecule has 190 valence electrons. The minimum absolute atomic E-state index is 0.0172. The number of carbonyl (C=O) groups excluding carboxylic acids is 2. The average molecular weight is 480 g/mol. The predicted molar refractivity (Wildman–Crippen MR) is 142 cm³/mol. The van der Waals surface area contributed by atoms with Gasteiger partial charge in [0.15, 0.2) is 5.78 Å². The van der Waals surface area contributed by atoms with Crippen LogP contribution in [-0.2, 0) is 16.0 Å². The van der Waals surface area contributed by atoms with Gasteiger partial charge >= 0.3 is 0 Å². The standard InChI is InChI=1S/C29H41N3O3/c1-7-8-17-30-28(34)23(18-22-13-10-9-11-14-22)19-25(33)27(29(4,5)6)31-20-24-15-12-16-26(32-24)35-21(2)3/h9-16,20-21,23,27H,7-8,17-19H2,1-6H3,(H,30,34)/t23-,27-/m1/s1. The first-order chi connectivity index (χ1) is 16.6. The molecule has 1 amide bonds. The van der Waals surface area contributed by atoms with Gasteiger partial charge in [0, 0.05) is 31.2 Å². The van der Waals surface area contributed by atoms with E-state index in [1.54, 1.807) is 12.3 Å². The van der Waals surface area contributed by atoms with Gasteiger partial charge in [0.25, 0.3) is 0 Å². The summed E-state index contributed by atoms with van der Waals surface area (Å²) in [4.78, 5) is 35.7. The number of ketones is 1. The van der Waals surface area contributed by atoms with E-state index in [0.717, 1.165) is 18.4 Å². The van der Waals surface area contributed by atoms with Gasteiger partial charge in [0.1, 0.15) is 6.04 Å². The Morgan fingerprint density at radius 1 is 1.09 bits per heavy atom. The van der Waals surface area contributed by atoms with Gasteiger partial charge in [-0.15, -0.1) is 0 Å². The maximum atomic E-state index is 13.5. The SMILES string of the molecule is CCCCNC(=O)[C@@H](CC(=O)[C@@H](N=Cc1cccc(OC(C)C)n1)C(C)(C)C)Cc1ccccc1. The maximum absolute atomic E-state index is 13.5. The number of amides is 1. The Kier molecular flexibility index (Phi) is 11.1. The van der Waals surface area contributed by atoms with Crippen LogP contribution in [-0.4, -0.2) is 41.6 Å². The summed E-state index contributed by atoms with van der Waals surface area (Å²) in [5.74, 6) is -0.0423. The minimum Gasteiger partial charge on any atom is -0.475 e. The first-order valence-corrected chi connectivity index (χ1v) is 12.6. The normalized spacial score (nSPS) is 13.6. The van der Waals surface area contributed by atoms with E-state index in [2.05, 4.69) is 22.2 Å². The molecule has 0 saturated heterocycles. The van der Waals surface area contributed by atoms with E-state index in [-0.39, 0.29) is 24.2 Å². The summed E-state index contributed by atoms with van der Waals surface area (Å²) in [6.07, 6.45) is 4.22. The van der Waals surface area contributed by atoms with E-state index in [1.165, 1.54) is 0 Å². The van der Waals surface area contributed by atoms with Crippen LogP contribution in [0.5, 0.6) is 5.88 Å². The number of nitrogens with one attached hydrogen (secondary N) is 1. The van der Waals surface area contributed by atoms with Crippen molar-refractivity contribution in [2.75, 3.05) is 6.54 Å². The number of hydrogen-bond acceptors (Lipinski definition) is 5. The van der Waals surface area contributed by atoms with Gasteiger partial charge in [-0.1, -0.05) is 70.5 Å². The fourth-order valence-corrected chi connectivity index (χ4v) is 3.79. The lowest BCUT2D eigenvalue weighted by Gasteiger charge is -2.27. The molecule has 0 unspecified atom stereocenters. The van der Waals surface area contributed by atoms with Gasteiger partial charge < -0.3 is 10.1 Å². The highest BCUT2D eigenvalue weighted by atomic mass is 16.5. The van der Waals surface area contributed by atoms with Crippen LogP contribution in [0.4, 0.5) is 0 Å². The van der Waals surface area contributed by atoms with Crippen molar-refractivity contribution in [1.82, 2.24) is 10.3 Å². The third-order valence-electron chi connectivity index (χ3n) is 5.56. The molecule has 0 aliphatic heterocycles. The predicted octanol–water partition coefficient (Wildman–Crippen LogP) is 5.44. The number of carbonyl (C=O) groups is 2. The molecule has 0 bridgehead atoms. The Labute approximate surface area is 210 Å². The fourth-order valence-electron chi connectivity index (χ4n) is 3.79. The van der Waals surface area contributed by atoms with Crippen molar-refractivity contribution < 1.29 is 14.3 Å². The zero-order chi connectivity index (χ0) is 25.8. The van der Waals surface area contributed by atoms with Crippen LogP contribution in [0.25, 0.3) is 0 Å². The second kappa shape index (κ2) is 13.8. The maximum Gasteiger partial charge on any atom is 0.223 e. The molecule has 1 heterocycles. The van der Waals surface area contributed by atoms with Gasteiger partial charge in [-0.25, -0.2) is 4.98 Å². The van der Waals surface area contributed by atoms with Crippen LogP contribution in [0.2, 0.25) is 0 Å². The van der Waals surface area contributed by atoms with Gasteiger partial charge in [-0.05, 0) is 43.7 Å². The molecule has 0 radical (unpaired) electrons. The molecule has 1 aromatic heterocycles. The van der Waals surface area contributed by atoms with E-state index in [4.69, 9.17) is 4.74 Å². The average Bonchev–Trinajstić information content (AvgIpc) is 2.78. The molecule has 2 rings (SSSR count). The van der Waals surface area contributed by atoms with E-state index < -0.39 is 17.4 Å². The molecule has 1 aromatic carbocycles. The Hall–Kier alpha value is -3.02. The van der Waals surface area contributed by atoms with Crippen LogP contribution < -0.4 is 10.1 Å². The number of benzene rings is 1. The summed E-state index contributed by atoms with van der Waals surface area (Å²) in [7, 11) is 0. The number of Topliss-reactive ketones (excluding diaryl/α,β-unsaturated/α-hetero) is 1. The number of hydrogen-bond donors (Lipinski definition) is 1. The molecule has 2 aromatic rings. The first-order valence-electron chi connectivity index (χ1n) is 12.6. The van der Waals surface area contributed by atoms with E-state index in [9.17, 15) is 9.59 Å². The lowest BCUT2D eigenvalue weighted by Crippen LogP contribution is -2.39. The molecule has 0 saturated carbocycles. The molecule has 1 N–H and O–H groups in total. The van der Waals surface area contributed by atoms with Gasteiger partial charge in [0.05, 0.1) is 11.8 Å². The van der Waals surface area contributed by atoms with Crippen molar-refractivity contribution in [3.05, 3.63) is 59.8 Å². The van der Waals surface area contributed by atoms with Crippen LogP contribution in [0.3, 0.4) is 0 Å². The van der Waals surface area contributed by atoms with Crippen molar-refractivity contribution in [1.29, 1.82) is 0 Å². The Morgan fingerprint density at radius 3 is 2.43 bits per heavy atom. The van der Waals surface area contributed by atoms with Crippen molar-refractivity contribution in [2.45, 2.75) is 79.4 Å². The van der Waals surface area contributed by atoms with Gasteiger partial charge in [0.2, 0.25) is 11.8 Å². The lowest BCUT2D eigenvalue weighted by molar-refractivity contribution is -0.130. The van der Waals surface area contributed by atoms with Gasteiger partial charge in [-0.2, -0.15) is 0 Å². The summed E-state index contributed by atoms with van der Waals surface area (Å²) >= 11 is 0. The number of rotatable bonds is 13. The van der Waals surface area contributed by atoms with Crippen LogP contribution in [0.15, 0.2) is 53.5 Å². The van der Waals surface area contributed by atoms with Gasteiger partial charge in [-0.3, -0.25) is 14.6 Å². The highest BCUT2D eigenvalue weighted by Gasteiger charge is 2.33. The molecule has 35 heavy (non-hydrogen) atoms. The fraction of sp³-hybridized carbons (Fsp3) is 0.517. The number of aliphatic imine (C=N–C) groups is 1. The summed E-state index contributed by atoms with van der Waals surface area (Å²) in [6.45, 7) is 12.6. The number of nitrogens with zero attached hydrogens (tertiary/aromatic N) is 2. The lowest BCUT2D eigenvalue weighted by atomic mass is 9.81. The molecule has 0 aliphatic rings. The second-order valence-electron chi connectivity index (χ2n) is 10.3. The zero-order valence-corrected chi connectivity index (χ0v) is 22.1. The third-order valence-corrected chi connectivity index (χ3v) is 5.56. The Bertz CT molecular complexity index is 965. The van der Waals surface area contributed by atoms with Crippen LogP contribution in [0, 0.1) is 11.3 Å². The highest BCUT2D eigenvalue weighted by Crippen LogP contribution is 2.26. The molecule has 0 spiro atoms. The molecule has 6 heteroatoms. The topological polar surface area (TPSA) is 80.7 Å². The number of aromatic nitrogens is 1. The molecular formula is C29H41N3O3. The minimum atomic E-state index is -0.597. The molecule has 6 nitrogen and oxygen atoms in total. The Morgan fingerprint density at radius 2 is 1.80 bits per heavy atom. The first kappa shape index (κ1) is 28.2. The summed E-state index contributed by atoms with van der Waals surface area (Å²) in [5, 5.41) is 3.01. The van der Waals surface area contributed by atoms with E-state index in [0.29, 0.717) is 24.5 Å². The summed E-state index contributed by atoms with van der Waals surface area (Å²) in [6, 6.07) is 14.7. The smallest absolute Gasteiger partial charge is 0.223 e. The number of ether oxygens (including phenoxy) is 1. The summed E-state index contributed by atoms with van der Waals surface area (Å²) in [5.41, 5.74) is 1.26. The largest absolute Gasteiger partial charge is 0.475 e. The molecule has 0 fully saturated rings. The van der Waals surface area contributed by atoms with Crippen molar-refractivity contribution in [2.24, 2.45) is 16.3 Å². The van der Waals surface area contributed by atoms with Crippen molar-refractivity contribution in [3.8, 4) is 5.88 Å². The quantitative estimate of drug-likeness (QED) is 0.307. The second-order valence-corrected chi connectivity index (χ2v) is 10.3. The van der Waals surface area contributed by atoms with Crippen LogP contribution >= 0.6 is 0 Å². The monoisotopic (exact) mass is 479 g/mol. The number of pyridine rings is 1. The van der Waals surface area contributed by atoms with E-state index in [1.807, 2.05) is 77.1 Å². The molecular weight excluding hydrogens is 438 g/mol. The van der Waals surface area contributed by atoms with Crippen molar-refractivity contribution in [3.63, 3.8) is 0 Å². The van der Waals surface area contributed by atoms with Crippen LogP contribution in [0.1, 0.15) is 72.1 Å². The Balaban J connectivity index is 2.22. The third kappa shape index (κ3) is 10.0. The molecule has 2 atom stereocenters. The van der Waals surface area contributed by atoms with E-state index >= 15 is 0 Å². The number of unbranched alkanes of at least 4 members (excludes halogenated alkanes) is 1.